The summed E-state index contributed by atoms with van der Waals surface area (Å²) in [6, 6.07) is 12.1. The summed E-state index contributed by atoms with van der Waals surface area (Å²) in [7, 11) is -2.24. The maximum Gasteiger partial charge on any atom is 0.244 e. The van der Waals surface area contributed by atoms with Gasteiger partial charge in [-0.15, -0.1) is 0 Å². The van der Waals surface area contributed by atoms with Crippen molar-refractivity contribution in [2.75, 3.05) is 24.2 Å². The van der Waals surface area contributed by atoms with E-state index in [0.29, 0.717) is 5.69 Å². The van der Waals surface area contributed by atoms with Crippen LogP contribution in [0, 0.1) is 13.8 Å². The van der Waals surface area contributed by atoms with E-state index in [9.17, 15) is 18.0 Å². The van der Waals surface area contributed by atoms with Gasteiger partial charge in [-0.05, 0) is 55.7 Å². The molecule has 0 saturated heterocycles. The summed E-state index contributed by atoms with van der Waals surface area (Å²) in [4.78, 5) is 27.0. The van der Waals surface area contributed by atoms with E-state index in [2.05, 4.69) is 21.2 Å². The van der Waals surface area contributed by atoms with Crippen LogP contribution in [0.2, 0.25) is 0 Å². The smallest absolute Gasteiger partial charge is 0.244 e. The van der Waals surface area contributed by atoms with Gasteiger partial charge in [0.05, 0.1) is 11.9 Å². The molecule has 9 heteroatoms. The fraction of sp³-hybridized carbons (Fsp3) is 0.364. The normalized spacial score (nSPS) is 12.2. The van der Waals surface area contributed by atoms with Gasteiger partial charge < -0.3 is 10.2 Å². The number of hydrogen-bond donors (Lipinski definition) is 1. The van der Waals surface area contributed by atoms with Gasteiger partial charge in [-0.1, -0.05) is 40.2 Å². The Morgan fingerprint density at radius 1 is 1.10 bits per heavy atom. The molecule has 0 aromatic heterocycles. The number of amides is 2. The highest BCUT2D eigenvalue weighted by Crippen LogP contribution is 2.24. The third kappa shape index (κ3) is 6.54. The summed E-state index contributed by atoms with van der Waals surface area (Å²) in [6.45, 7) is 5.05. The Bertz CT molecular complexity index is 1050. The van der Waals surface area contributed by atoms with Gasteiger partial charge in [0.2, 0.25) is 21.8 Å². The molecule has 0 bridgehead atoms. The van der Waals surface area contributed by atoms with Gasteiger partial charge in [-0.3, -0.25) is 13.9 Å². The maximum absolute atomic E-state index is 13.3. The Hall–Kier alpha value is -2.39. The predicted molar refractivity (Wildman–Crippen MR) is 126 cm³/mol. The number of anilines is 1. The summed E-state index contributed by atoms with van der Waals surface area (Å²) in [5.41, 5.74) is 2.90. The molecule has 0 heterocycles. The number of rotatable bonds is 8. The van der Waals surface area contributed by atoms with Gasteiger partial charge in [-0.2, -0.15) is 0 Å². The van der Waals surface area contributed by atoms with E-state index in [1.54, 1.807) is 19.9 Å². The minimum absolute atomic E-state index is 0.172. The van der Waals surface area contributed by atoms with Gasteiger partial charge in [0.1, 0.15) is 12.6 Å². The van der Waals surface area contributed by atoms with Crippen molar-refractivity contribution in [3.05, 3.63) is 63.6 Å². The summed E-state index contributed by atoms with van der Waals surface area (Å²) in [5, 5.41) is 2.55. The molecule has 0 spiro atoms. The number of carbonyl (C=O) groups is 2. The number of hydrogen-bond acceptors (Lipinski definition) is 4. The standard InChI is InChI=1S/C22H28BrN3O4S/c1-15-6-7-16(2)20(12-15)26(31(5,29)30)14-21(27)25(17(3)22(28)24-4)13-18-8-10-19(23)11-9-18/h6-12,17H,13-14H2,1-5H3,(H,24,28)/t17-/m0/s1. The largest absolute Gasteiger partial charge is 0.357 e. The van der Waals surface area contributed by atoms with Crippen LogP contribution in [-0.2, 0) is 26.2 Å². The maximum atomic E-state index is 13.3. The van der Waals surface area contributed by atoms with Crippen molar-refractivity contribution in [1.82, 2.24) is 10.2 Å². The molecule has 0 saturated carbocycles. The van der Waals surface area contributed by atoms with Crippen LogP contribution in [0.5, 0.6) is 0 Å². The van der Waals surface area contributed by atoms with Crippen LogP contribution in [0.25, 0.3) is 0 Å². The average Bonchev–Trinajstić information content (AvgIpc) is 2.71. The topological polar surface area (TPSA) is 86.8 Å². The molecule has 31 heavy (non-hydrogen) atoms. The van der Waals surface area contributed by atoms with Crippen LogP contribution in [0.15, 0.2) is 46.9 Å². The first-order chi connectivity index (χ1) is 14.4. The number of nitrogens with zero attached hydrogens (tertiary/aromatic N) is 2. The molecule has 2 amide bonds. The first-order valence-corrected chi connectivity index (χ1v) is 12.4. The lowest BCUT2D eigenvalue weighted by Gasteiger charge is -2.31. The van der Waals surface area contributed by atoms with Crippen LogP contribution in [0.4, 0.5) is 5.69 Å². The summed E-state index contributed by atoms with van der Waals surface area (Å²) in [6.07, 6.45) is 1.07. The third-order valence-corrected chi connectivity index (χ3v) is 6.65. The van der Waals surface area contributed by atoms with Crippen molar-refractivity contribution in [3.8, 4) is 0 Å². The number of benzene rings is 2. The minimum Gasteiger partial charge on any atom is -0.357 e. The quantitative estimate of drug-likeness (QED) is 0.592. The number of halogens is 1. The van der Waals surface area contributed by atoms with Crippen LogP contribution in [0.1, 0.15) is 23.6 Å². The Morgan fingerprint density at radius 2 is 1.71 bits per heavy atom. The van der Waals surface area contributed by atoms with Crippen molar-refractivity contribution in [3.63, 3.8) is 0 Å². The van der Waals surface area contributed by atoms with E-state index in [0.717, 1.165) is 31.7 Å². The van der Waals surface area contributed by atoms with Gasteiger partial charge in [-0.25, -0.2) is 8.42 Å². The lowest BCUT2D eigenvalue weighted by molar-refractivity contribution is -0.139. The number of carbonyl (C=O) groups excluding carboxylic acids is 2. The number of likely N-dealkylation sites (N-methyl/N-ethyl adjacent to an activating group) is 1. The van der Waals surface area contributed by atoms with Crippen molar-refractivity contribution in [2.45, 2.75) is 33.4 Å². The number of nitrogens with one attached hydrogen (secondary N) is 1. The van der Waals surface area contributed by atoms with E-state index < -0.39 is 28.5 Å². The Kier molecular flexibility index (Phi) is 8.25. The molecule has 0 aliphatic heterocycles. The third-order valence-electron chi connectivity index (χ3n) is 4.99. The van der Waals surface area contributed by atoms with Gasteiger partial charge in [0, 0.05) is 18.1 Å². The molecule has 0 unspecified atom stereocenters. The van der Waals surface area contributed by atoms with Crippen molar-refractivity contribution in [1.29, 1.82) is 0 Å². The van der Waals surface area contributed by atoms with Crippen molar-refractivity contribution in [2.24, 2.45) is 0 Å². The Balaban J connectivity index is 2.42. The van der Waals surface area contributed by atoms with E-state index >= 15 is 0 Å². The molecule has 1 atom stereocenters. The monoisotopic (exact) mass is 509 g/mol. The fourth-order valence-electron chi connectivity index (χ4n) is 3.16. The highest BCUT2D eigenvalue weighted by molar-refractivity contribution is 9.10. The molecule has 168 valence electrons. The fourth-order valence-corrected chi connectivity index (χ4v) is 4.32. The second kappa shape index (κ2) is 10.3. The van der Waals surface area contributed by atoms with E-state index in [1.807, 2.05) is 43.3 Å². The second-order valence-corrected chi connectivity index (χ2v) is 10.3. The molecule has 2 aromatic rings. The lowest BCUT2D eigenvalue weighted by atomic mass is 10.1. The average molecular weight is 510 g/mol. The zero-order valence-electron chi connectivity index (χ0n) is 18.3. The molecular weight excluding hydrogens is 482 g/mol. The van der Waals surface area contributed by atoms with Gasteiger partial charge >= 0.3 is 0 Å². The first-order valence-electron chi connectivity index (χ1n) is 9.74. The van der Waals surface area contributed by atoms with Crippen LogP contribution >= 0.6 is 15.9 Å². The summed E-state index contributed by atoms with van der Waals surface area (Å²) >= 11 is 3.38. The summed E-state index contributed by atoms with van der Waals surface area (Å²) in [5.74, 6) is -0.798. The highest BCUT2D eigenvalue weighted by atomic mass is 79.9. The lowest BCUT2D eigenvalue weighted by Crippen LogP contribution is -2.50. The van der Waals surface area contributed by atoms with Gasteiger partial charge in [0.25, 0.3) is 0 Å². The molecule has 7 nitrogen and oxygen atoms in total. The molecular formula is C22H28BrN3O4S. The molecule has 1 N–H and O–H groups in total. The van der Waals surface area contributed by atoms with Crippen LogP contribution in [-0.4, -0.2) is 51.0 Å². The molecule has 0 radical (unpaired) electrons. The summed E-state index contributed by atoms with van der Waals surface area (Å²) < 4.78 is 27.2. The van der Waals surface area contributed by atoms with E-state index in [4.69, 9.17) is 0 Å². The van der Waals surface area contributed by atoms with Crippen molar-refractivity contribution >= 4 is 43.5 Å². The number of sulfonamides is 1. The van der Waals surface area contributed by atoms with E-state index in [1.165, 1.54) is 11.9 Å². The minimum atomic E-state index is -3.74. The number of aryl methyl sites for hydroxylation is 2. The van der Waals surface area contributed by atoms with E-state index in [-0.39, 0.29) is 12.5 Å². The Labute approximate surface area is 192 Å². The highest BCUT2D eigenvalue weighted by Gasteiger charge is 2.30. The predicted octanol–water partition coefficient (Wildman–Crippen LogP) is 3.00. The molecule has 2 aromatic carbocycles. The van der Waals surface area contributed by atoms with Crippen LogP contribution < -0.4 is 9.62 Å². The van der Waals surface area contributed by atoms with Crippen LogP contribution in [0.3, 0.4) is 0 Å². The zero-order chi connectivity index (χ0) is 23.3. The molecule has 2 rings (SSSR count). The van der Waals surface area contributed by atoms with Crippen molar-refractivity contribution < 1.29 is 18.0 Å². The van der Waals surface area contributed by atoms with Gasteiger partial charge in [0.15, 0.2) is 0 Å². The Morgan fingerprint density at radius 3 is 2.26 bits per heavy atom. The first kappa shape index (κ1) is 24.9. The zero-order valence-corrected chi connectivity index (χ0v) is 20.7. The second-order valence-electron chi connectivity index (χ2n) is 7.50. The molecule has 0 fully saturated rings. The molecule has 0 aliphatic rings. The SMILES string of the molecule is CNC(=O)[C@H](C)N(Cc1ccc(Br)cc1)C(=O)CN(c1cc(C)ccc1C)S(C)(=O)=O. The molecule has 0 aliphatic carbocycles.